The number of hydrogen-bond donors (Lipinski definition) is 2. The maximum absolute atomic E-state index is 12.3. The summed E-state index contributed by atoms with van der Waals surface area (Å²) >= 11 is 0. The number of carbonyl (C=O) groups is 1. The van der Waals surface area contributed by atoms with Gasteiger partial charge < -0.3 is 10.2 Å². The van der Waals surface area contributed by atoms with E-state index in [1.807, 2.05) is 13.1 Å². The minimum absolute atomic E-state index is 0.0109. The fraction of sp³-hybridized carbons (Fsp3) is 0.429. The Morgan fingerprint density at radius 1 is 1.43 bits per heavy atom. The Bertz CT molecular complexity index is 723. The molecule has 0 radical (unpaired) electrons. The summed E-state index contributed by atoms with van der Waals surface area (Å²) in [5.41, 5.74) is 0.408. The number of likely N-dealkylation sites (N-methyl/N-ethyl adjacent to an activating group) is 1. The highest BCUT2D eigenvalue weighted by Gasteiger charge is 2.24. The van der Waals surface area contributed by atoms with Crippen LogP contribution >= 0.6 is 0 Å². The van der Waals surface area contributed by atoms with Crippen LogP contribution in [0.15, 0.2) is 29.1 Å². The fourth-order valence-corrected chi connectivity index (χ4v) is 2.22. The molecule has 1 aromatic heterocycles. The molecule has 7 heteroatoms. The van der Waals surface area contributed by atoms with Gasteiger partial charge >= 0.3 is 0 Å². The molecule has 110 valence electrons. The van der Waals surface area contributed by atoms with Gasteiger partial charge in [-0.2, -0.15) is 4.68 Å². The van der Waals surface area contributed by atoms with Crippen molar-refractivity contribution in [3.63, 3.8) is 0 Å². The van der Waals surface area contributed by atoms with Crippen molar-refractivity contribution in [3.8, 4) is 0 Å². The van der Waals surface area contributed by atoms with Gasteiger partial charge in [-0.3, -0.25) is 9.59 Å². The van der Waals surface area contributed by atoms with Crippen molar-refractivity contribution in [1.82, 2.24) is 20.3 Å². The van der Waals surface area contributed by atoms with Crippen LogP contribution in [0, 0.1) is 0 Å². The van der Waals surface area contributed by atoms with Crippen LogP contribution < -0.4 is 15.8 Å². The molecule has 2 N–H and O–H groups in total. The Labute approximate surface area is 121 Å². The third-order valence-electron chi connectivity index (χ3n) is 3.45. The van der Waals surface area contributed by atoms with Crippen molar-refractivity contribution in [2.45, 2.75) is 25.6 Å². The quantitative estimate of drug-likeness (QED) is 0.705. The standard InChI is InChI=1S/C14H17N5O2/c1-18(8-13(20)15-10-6-7-10)9-19-14(21)11-4-2-3-5-12(11)16-17-19/h2-5,10H,6-9H2,1H3,(H,15,20)/p+1. The van der Waals surface area contributed by atoms with E-state index in [4.69, 9.17) is 0 Å². The average molecular weight is 288 g/mol. The zero-order valence-electron chi connectivity index (χ0n) is 11.9. The molecule has 1 heterocycles. The van der Waals surface area contributed by atoms with Gasteiger partial charge in [0.2, 0.25) is 0 Å². The minimum Gasteiger partial charge on any atom is -0.348 e. The molecule has 2 aromatic rings. The zero-order valence-corrected chi connectivity index (χ0v) is 11.9. The maximum Gasteiger partial charge on any atom is 0.282 e. The molecule has 0 aliphatic heterocycles. The molecule has 7 nitrogen and oxygen atoms in total. The summed E-state index contributed by atoms with van der Waals surface area (Å²) in [5.74, 6) is 0.0109. The lowest BCUT2D eigenvalue weighted by atomic mass is 10.2. The van der Waals surface area contributed by atoms with Crippen LogP contribution in [0.1, 0.15) is 12.8 Å². The Morgan fingerprint density at radius 3 is 2.95 bits per heavy atom. The highest BCUT2D eigenvalue weighted by molar-refractivity contribution is 5.77. The molecular formula is C14H18N5O2+. The molecule has 3 rings (SSSR count). The summed E-state index contributed by atoms with van der Waals surface area (Å²) in [4.78, 5) is 24.9. The number of quaternary nitrogens is 1. The van der Waals surface area contributed by atoms with E-state index in [-0.39, 0.29) is 11.5 Å². The largest absolute Gasteiger partial charge is 0.348 e. The van der Waals surface area contributed by atoms with Gasteiger partial charge in [-0.25, -0.2) is 0 Å². The Morgan fingerprint density at radius 2 is 2.19 bits per heavy atom. The summed E-state index contributed by atoms with van der Waals surface area (Å²) in [6.45, 7) is 0.631. The summed E-state index contributed by atoms with van der Waals surface area (Å²) < 4.78 is 1.31. The number of benzene rings is 1. The molecule has 1 aromatic carbocycles. The van der Waals surface area contributed by atoms with Crippen LogP contribution in [0.5, 0.6) is 0 Å². The second-order valence-corrected chi connectivity index (χ2v) is 5.55. The molecule has 1 atom stereocenters. The van der Waals surface area contributed by atoms with E-state index in [9.17, 15) is 9.59 Å². The fourth-order valence-electron chi connectivity index (χ4n) is 2.22. The molecule has 1 amide bonds. The predicted octanol–water partition coefficient (Wildman–Crippen LogP) is -1.46. The number of fused-ring (bicyclic) bond motifs is 1. The first-order valence-electron chi connectivity index (χ1n) is 7.06. The smallest absolute Gasteiger partial charge is 0.282 e. The predicted molar refractivity (Wildman–Crippen MR) is 76.7 cm³/mol. The Balaban J connectivity index is 1.70. The van der Waals surface area contributed by atoms with Crippen LogP contribution in [-0.4, -0.2) is 40.5 Å². The average Bonchev–Trinajstić information content (AvgIpc) is 3.26. The third kappa shape index (κ3) is 3.25. The van der Waals surface area contributed by atoms with Crippen molar-refractivity contribution in [2.24, 2.45) is 0 Å². The molecule has 1 saturated carbocycles. The molecular weight excluding hydrogens is 270 g/mol. The number of amides is 1. The van der Waals surface area contributed by atoms with Gasteiger partial charge in [0, 0.05) is 6.04 Å². The second kappa shape index (κ2) is 5.61. The molecule has 21 heavy (non-hydrogen) atoms. The van der Waals surface area contributed by atoms with Gasteiger partial charge in [-0.15, -0.1) is 5.10 Å². The van der Waals surface area contributed by atoms with E-state index in [1.165, 1.54) is 4.68 Å². The highest BCUT2D eigenvalue weighted by Crippen LogP contribution is 2.17. The van der Waals surface area contributed by atoms with Gasteiger partial charge in [0.15, 0.2) is 13.2 Å². The van der Waals surface area contributed by atoms with Gasteiger partial charge in [0.25, 0.3) is 11.5 Å². The number of carbonyl (C=O) groups excluding carboxylic acids is 1. The second-order valence-electron chi connectivity index (χ2n) is 5.55. The molecule has 1 unspecified atom stereocenters. The molecule has 1 aliphatic carbocycles. The van der Waals surface area contributed by atoms with Crippen LogP contribution in [0.3, 0.4) is 0 Å². The van der Waals surface area contributed by atoms with E-state index in [1.54, 1.807) is 18.2 Å². The number of hydrogen-bond acceptors (Lipinski definition) is 4. The van der Waals surface area contributed by atoms with E-state index in [2.05, 4.69) is 15.6 Å². The van der Waals surface area contributed by atoms with E-state index in [0.29, 0.717) is 30.2 Å². The highest BCUT2D eigenvalue weighted by atomic mass is 16.2. The summed E-state index contributed by atoms with van der Waals surface area (Å²) in [6.07, 6.45) is 2.14. The van der Waals surface area contributed by atoms with Crippen molar-refractivity contribution in [1.29, 1.82) is 0 Å². The van der Waals surface area contributed by atoms with Gasteiger partial charge in [-0.1, -0.05) is 17.3 Å². The summed E-state index contributed by atoms with van der Waals surface area (Å²) in [7, 11) is 1.86. The summed E-state index contributed by atoms with van der Waals surface area (Å²) in [6, 6.07) is 7.47. The van der Waals surface area contributed by atoms with Crippen molar-refractivity contribution < 1.29 is 9.69 Å². The third-order valence-corrected chi connectivity index (χ3v) is 3.45. The van der Waals surface area contributed by atoms with E-state index >= 15 is 0 Å². The van der Waals surface area contributed by atoms with Gasteiger partial charge in [-0.05, 0) is 25.0 Å². The van der Waals surface area contributed by atoms with Gasteiger partial charge in [0.05, 0.1) is 12.4 Å². The molecule has 0 bridgehead atoms. The molecule has 0 saturated heterocycles. The normalized spacial score (nSPS) is 15.9. The van der Waals surface area contributed by atoms with Crippen LogP contribution in [-0.2, 0) is 11.5 Å². The van der Waals surface area contributed by atoms with Crippen molar-refractivity contribution in [2.75, 3.05) is 13.6 Å². The Kier molecular flexibility index (Phi) is 3.66. The van der Waals surface area contributed by atoms with Gasteiger partial charge in [0.1, 0.15) is 5.52 Å². The lowest BCUT2D eigenvalue weighted by molar-refractivity contribution is -0.896. The first kappa shape index (κ1) is 13.7. The monoisotopic (exact) mass is 288 g/mol. The van der Waals surface area contributed by atoms with Crippen LogP contribution in [0.4, 0.5) is 0 Å². The molecule has 1 fully saturated rings. The number of aromatic nitrogens is 3. The first-order valence-corrected chi connectivity index (χ1v) is 7.06. The summed E-state index contributed by atoms with van der Waals surface area (Å²) in [5, 5.41) is 11.4. The lowest BCUT2D eigenvalue weighted by Crippen LogP contribution is -3.10. The number of rotatable bonds is 5. The maximum atomic E-state index is 12.3. The Hall–Kier alpha value is -2.28. The zero-order chi connectivity index (χ0) is 14.8. The SMILES string of the molecule is C[NH+](CC(=O)NC1CC1)Cn1nnc2ccccc2c1=O. The van der Waals surface area contributed by atoms with Crippen molar-refractivity contribution >= 4 is 16.8 Å². The van der Waals surface area contributed by atoms with Crippen molar-refractivity contribution in [3.05, 3.63) is 34.6 Å². The number of nitrogens with zero attached hydrogens (tertiary/aromatic N) is 3. The topological polar surface area (TPSA) is 81.3 Å². The first-order chi connectivity index (χ1) is 10.1. The number of nitrogens with one attached hydrogen (secondary N) is 2. The molecule has 0 spiro atoms. The van der Waals surface area contributed by atoms with E-state index < -0.39 is 0 Å². The molecule has 1 aliphatic rings. The lowest BCUT2D eigenvalue weighted by Gasteiger charge is -2.14. The van der Waals surface area contributed by atoms with Crippen LogP contribution in [0.2, 0.25) is 0 Å². The van der Waals surface area contributed by atoms with Crippen LogP contribution in [0.25, 0.3) is 10.9 Å². The minimum atomic E-state index is -0.178. The van der Waals surface area contributed by atoms with E-state index in [0.717, 1.165) is 17.7 Å².